The van der Waals surface area contributed by atoms with Crippen molar-refractivity contribution in [2.24, 2.45) is 0 Å². The molecule has 110 valence electrons. The van der Waals surface area contributed by atoms with Crippen LogP contribution in [0.25, 0.3) is 0 Å². The Morgan fingerprint density at radius 1 is 1.10 bits per heavy atom. The Morgan fingerprint density at radius 2 is 1.75 bits per heavy atom. The molecule has 0 N–H and O–H groups in total. The third-order valence-corrected chi connectivity index (χ3v) is 3.51. The van der Waals surface area contributed by atoms with Crippen molar-refractivity contribution in [3.63, 3.8) is 0 Å². The number of pyridine rings is 1. The average Bonchev–Trinajstić information content (AvgIpc) is 2.45. The third-order valence-electron chi connectivity index (χ3n) is 3.51. The number of halogens is 1. The lowest BCUT2D eigenvalue weighted by atomic mass is 10.1. The number of unbranched alkanes of at least 4 members (excludes halogenated alkanes) is 1. The molecule has 0 atom stereocenters. The van der Waals surface area contributed by atoms with Gasteiger partial charge in [-0.25, -0.2) is 4.57 Å². The van der Waals surface area contributed by atoms with Gasteiger partial charge in [0.05, 0.1) is 0 Å². The molecule has 1 amide bonds. The van der Waals surface area contributed by atoms with E-state index in [9.17, 15) is 9.59 Å². The quantitative estimate of drug-likeness (QED) is 0.475. The van der Waals surface area contributed by atoms with Crippen LogP contribution in [0.5, 0.6) is 0 Å². The molecule has 1 saturated heterocycles. The normalized spacial score (nSPS) is 14.8. The van der Waals surface area contributed by atoms with Gasteiger partial charge in [-0.2, -0.15) is 0 Å². The van der Waals surface area contributed by atoms with Gasteiger partial charge in [-0.15, -0.1) is 0 Å². The number of carbonyl (C=O) groups excluding carboxylic acids is 2. The fourth-order valence-corrected chi connectivity index (χ4v) is 2.32. The van der Waals surface area contributed by atoms with E-state index < -0.39 is 0 Å². The summed E-state index contributed by atoms with van der Waals surface area (Å²) in [6, 6.07) is 6.02. The fraction of sp³-hybridized carbons (Fsp3) is 0.533. The number of hydrogen-bond acceptors (Lipinski definition) is 2. The second-order valence-electron chi connectivity index (χ2n) is 4.99. The number of rotatable bonds is 5. The van der Waals surface area contributed by atoms with Gasteiger partial charge in [0.25, 0.3) is 0 Å². The van der Waals surface area contributed by atoms with E-state index in [1.54, 1.807) is 0 Å². The van der Waals surface area contributed by atoms with Crippen molar-refractivity contribution in [3.8, 4) is 0 Å². The molecule has 0 aliphatic carbocycles. The van der Waals surface area contributed by atoms with Crippen LogP contribution in [0.15, 0.2) is 30.6 Å². The molecule has 20 heavy (non-hydrogen) atoms. The number of nitrogens with zero attached hydrogens (tertiary/aromatic N) is 2. The van der Waals surface area contributed by atoms with Gasteiger partial charge in [-0.05, 0) is 6.42 Å². The Morgan fingerprint density at radius 3 is 2.40 bits per heavy atom. The first-order valence-electron chi connectivity index (χ1n) is 6.99. The van der Waals surface area contributed by atoms with Crippen LogP contribution in [0.1, 0.15) is 32.1 Å². The second kappa shape index (κ2) is 8.84. The minimum Gasteiger partial charge on any atom is -1.00 e. The lowest BCUT2D eigenvalue weighted by Gasteiger charge is -2.25. The lowest BCUT2D eigenvalue weighted by Crippen LogP contribution is -3.00. The Labute approximate surface area is 130 Å². The zero-order chi connectivity index (χ0) is 13.5. The molecule has 0 aromatic carbocycles. The summed E-state index contributed by atoms with van der Waals surface area (Å²) in [6.45, 7) is 2.18. The highest BCUT2D eigenvalue weighted by atomic mass is 79.9. The van der Waals surface area contributed by atoms with Gasteiger partial charge < -0.3 is 21.9 Å². The van der Waals surface area contributed by atoms with Crippen molar-refractivity contribution < 1.29 is 31.1 Å². The van der Waals surface area contributed by atoms with Crippen molar-refractivity contribution in [1.29, 1.82) is 0 Å². The third kappa shape index (κ3) is 5.41. The van der Waals surface area contributed by atoms with Crippen LogP contribution in [-0.4, -0.2) is 29.7 Å². The number of ketones is 1. The standard InChI is InChI=1S/C15H21N2O2.BrH/c18-14-7-12-17(13-8-14)15(19)6-2-5-11-16-9-3-1-4-10-16;/h1,3-4,9-10H,2,5-8,11-13H2;1H/q+1;/p-1. The van der Waals surface area contributed by atoms with E-state index in [0.717, 1.165) is 19.4 Å². The predicted octanol–water partition coefficient (Wildman–Crippen LogP) is -1.66. The highest BCUT2D eigenvalue weighted by Crippen LogP contribution is 2.09. The number of aromatic nitrogens is 1. The summed E-state index contributed by atoms with van der Waals surface area (Å²) in [5.74, 6) is 0.482. The van der Waals surface area contributed by atoms with Gasteiger partial charge in [0.2, 0.25) is 5.91 Å². The van der Waals surface area contributed by atoms with Crippen LogP contribution in [0.3, 0.4) is 0 Å². The molecule has 0 spiro atoms. The van der Waals surface area contributed by atoms with E-state index in [1.807, 2.05) is 35.5 Å². The van der Waals surface area contributed by atoms with Crippen LogP contribution in [0.4, 0.5) is 0 Å². The van der Waals surface area contributed by atoms with Gasteiger partial charge in [0.15, 0.2) is 12.4 Å². The molecule has 1 aliphatic rings. The molecular formula is C15H21BrN2O2. The fourth-order valence-electron chi connectivity index (χ4n) is 2.32. The molecule has 2 heterocycles. The Kier molecular flexibility index (Phi) is 7.44. The maximum atomic E-state index is 11.9. The molecule has 1 aromatic heterocycles. The molecule has 1 aromatic rings. The SMILES string of the molecule is O=C1CCN(C(=O)CCCC[n+]2ccccc2)CC1.[Br-]. The molecule has 2 rings (SSSR count). The molecule has 0 unspecified atom stereocenters. The van der Waals surface area contributed by atoms with Crippen LogP contribution in [0.2, 0.25) is 0 Å². The molecular weight excluding hydrogens is 320 g/mol. The van der Waals surface area contributed by atoms with E-state index in [4.69, 9.17) is 0 Å². The molecule has 1 fully saturated rings. The summed E-state index contributed by atoms with van der Waals surface area (Å²) < 4.78 is 2.13. The topological polar surface area (TPSA) is 41.3 Å². The highest BCUT2D eigenvalue weighted by molar-refractivity contribution is 5.83. The van der Waals surface area contributed by atoms with E-state index >= 15 is 0 Å². The summed E-state index contributed by atoms with van der Waals surface area (Å²) in [4.78, 5) is 24.9. The maximum absolute atomic E-state index is 11.9. The molecule has 1 aliphatic heterocycles. The second-order valence-corrected chi connectivity index (χ2v) is 4.99. The highest BCUT2D eigenvalue weighted by Gasteiger charge is 2.20. The summed E-state index contributed by atoms with van der Waals surface area (Å²) in [5, 5.41) is 0. The molecule has 0 bridgehead atoms. The van der Waals surface area contributed by atoms with Crippen LogP contribution in [0, 0.1) is 0 Å². The largest absolute Gasteiger partial charge is 1.00 e. The number of hydrogen-bond donors (Lipinski definition) is 0. The number of likely N-dealkylation sites (tertiary alicyclic amines) is 1. The number of Topliss-reactive ketones (excluding diaryl/α,β-unsaturated/α-hetero) is 1. The summed E-state index contributed by atoms with van der Waals surface area (Å²) in [5.41, 5.74) is 0. The first-order valence-corrected chi connectivity index (χ1v) is 6.99. The maximum Gasteiger partial charge on any atom is 0.222 e. The number of amides is 1. The molecule has 4 nitrogen and oxygen atoms in total. The first kappa shape index (κ1) is 16.8. The Hall–Kier alpha value is -1.23. The van der Waals surface area contributed by atoms with Crippen molar-refractivity contribution >= 4 is 11.7 Å². The van der Waals surface area contributed by atoms with Gasteiger partial charge in [0, 0.05) is 50.9 Å². The van der Waals surface area contributed by atoms with Gasteiger partial charge in [0.1, 0.15) is 12.3 Å². The smallest absolute Gasteiger partial charge is 0.222 e. The van der Waals surface area contributed by atoms with Crippen molar-refractivity contribution in [2.75, 3.05) is 13.1 Å². The van der Waals surface area contributed by atoms with Gasteiger partial charge in [-0.3, -0.25) is 9.59 Å². The molecule has 0 saturated carbocycles. The first-order chi connectivity index (χ1) is 9.25. The molecule has 0 radical (unpaired) electrons. The minimum absolute atomic E-state index is 0. The van der Waals surface area contributed by atoms with E-state index in [-0.39, 0.29) is 28.7 Å². The zero-order valence-electron chi connectivity index (χ0n) is 11.6. The summed E-state index contributed by atoms with van der Waals surface area (Å²) in [7, 11) is 0. The predicted molar refractivity (Wildman–Crippen MR) is 71.3 cm³/mol. The summed E-state index contributed by atoms with van der Waals surface area (Å²) >= 11 is 0. The monoisotopic (exact) mass is 340 g/mol. The van der Waals surface area contributed by atoms with Crippen LogP contribution >= 0.6 is 0 Å². The minimum atomic E-state index is 0. The van der Waals surface area contributed by atoms with E-state index in [2.05, 4.69) is 4.57 Å². The van der Waals surface area contributed by atoms with Gasteiger partial charge in [-0.1, -0.05) is 6.07 Å². The summed E-state index contributed by atoms with van der Waals surface area (Å²) in [6.07, 6.45) is 7.66. The Bertz CT molecular complexity index is 427. The van der Waals surface area contributed by atoms with Crippen LogP contribution in [-0.2, 0) is 16.1 Å². The molecule has 5 heteroatoms. The Balaban J connectivity index is 0.00000200. The van der Waals surface area contributed by atoms with E-state index in [1.165, 1.54) is 0 Å². The van der Waals surface area contributed by atoms with Crippen molar-refractivity contribution in [1.82, 2.24) is 4.90 Å². The number of carbonyl (C=O) groups is 2. The van der Waals surface area contributed by atoms with Gasteiger partial charge >= 0.3 is 0 Å². The van der Waals surface area contributed by atoms with Crippen molar-refractivity contribution in [2.45, 2.75) is 38.6 Å². The van der Waals surface area contributed by atoms with E-state index in [0.29, 0.717) is 32.4 Å². The number of piperidine rings is 1. The lowest BCUT2D eigenvalue weighted by molar-refractivity contribution is -0.697. The van der Waals surface area contributed by atoms with Crippen LogP contribution < -0.4 is 21.5 Å². The number of aryl methyl sites for hydroxylation is 1. The zero-order valence-corrected chi connectivity index (χ0v) is 13.2. The average molecular weight is 341 g/mol. The van der Waals surface area contributed by atoms with Crippen molar-refractivity contribution in [3.05, 3.63) is 30.6 Å².